The molecule has 2 aliphatic heterocycles. The predicted octanol–water partition coefficient (Wildman–Crippen LogP) is 0.0309. The van der Waals surface area contributed by atoms with Crippen molar-refractivity contribution in [1.29, 1.82) is 0 Å². The SMILES string of the molecule is CC1COP(=O)(OC[C@@]2(C)O[C@@H](n3ccc(N)nc3=O)[C@H](O)[C@@H]2O)OC1C. The molecule has 27 heavy (non-hydrogen) atoms. The van der Waals surface area contributed by atoms with Crippen molar-refractivity contribution in [3.8, 4) is 0 Å². The fourth-order valence-electron chi connectivity index (χ4n) is 2.85. The Hall–Kier alpha value is -1.33. The molecule has 3 rings (SSSR count). The van der Waals surface area contributed by atoms with Gasteiger partial charge in [0, 0.05) is 12.1 Å². The first kappa shape index (κ1) is 20.4. The Morgan fingerprint density at radius 1 is 1.48 bits per heavy atom. The average Bonchev–Trinajstić information content (AvgIpc) is 2.82. The molecule has 0 aromatic carbocycles. The van der Waals surface area contributed by atoms with E-state index in [1.807, 2.05) is 6.92 Å². The number of hydrogen-bond donors (Lipinski definition) is 3. The molecule has 1 aromatic rings. The van der Waals surface area contributed by atoms with Crippen molar-refractivity contribution < 1.29 is 33.1 Å². The number of nitrogen functional groups attached to an aromatic ring is 1. The normalized spacial score (nSPS) is 42.3. The summed E-state index contributed by atoms with van der Waals surface area (Å²) in [5.41, 5.74) is 3.24. The van der Waals surface area contributed by atoms with Gasteiger partial charge in [-0.3, -0.25) is 18.1 Å². The average molecular weight is 405 g/mol. The molecule has 0 aliphatic carbocycles. The summed E-state index contributed by atoms with van der Waals surface area (Å²) < 4.78 is 35.1. The van der Waals surface area contributed by atoms with E-state index in [9.17, 15) is 19.6 Å². The Balaban J connectivity index is 1.74. The fraction of sp³-hybridized carbons (Fsp3) is 0.733. The molecule has 3 heterocycles. The molecule has 0 amide bonds. The number of phosphoric ester groups is 1. The number of nitrogens with two attached hydrogens (primary N) is 1. The molecule has 0 saturated carbocycles. The first-order valence-corrected chi connectivity index (χ1v) is 9.97. The van der Waals surface area contributed by atoms with Gasteiger partial charge in [-0.2, -0.15) is 4.98 Å². The summed E-state index contributed by atoms with van der Waals surface area (Å²) in [5.74, 6) is 0.0686. The van der Waals surface area contributed by atoms with E-state index in [2.05, 4.69) is 4.98 Å². The van der Waals surface area contributed by atoms with Gasteiger partial charge in [0.25, 0.3) is 0 Å². The van der Waals surface area contributed by atoms with Crippen molar-refractivity contribution >= 4 is 13.6 Å². The van der Waals surface area contributed by atoms with Crippen molar-refractivity contribution in [2.45, 2.75) is 50.9 Å². The maximum Gasteiger partial charge on any atom is 0.475 e. The summed E-state index contributed by atoms with van der Waals surface area (Å²) >= 11 is 0. The van der Waals surface area contributed by atoms with Gasteiger partial charge < -0.3 is 20.7 Å². The molecule has 2 aliphatic rings. The topological polar surface area (TPSA) is 155 Å². The van der Waals surface area contributed by atoms with Crippen molar-refractivity contribution in [2.75, 3.05) is 18.9 Å². The molecule has 0 radical (unpaired) electrons. The summed E-state index contributed by atoms with van der Waals surface area (Å²) in [6, 6.07) is 1.36. The zero-order chi connectivity index (χ0) is 20.0. The number of anilines is 1. The minimum absolute atomic E-state index is 0.0171. The number of hydrogen-bond acceptors (Lipinski definition) is 10. The molecule has 7 atom stereocenters. The third kappa shape index (κ3) is 3.95. The van der Waals surface area contributed by atoms with Crippen molar-refractivity contribution in [3.63, 3.8) is 0 Å². The highest BCUT2D eigenvalue weighted by Crippen LogP contribution is 2.55. The number of nitrogens with zero attached hydrogens (tertiary/aromatic N) is 2. The number of rotatable bonds is 4. The fourth-order valence-corrected chi connectivity index (χ4v) is 4.49. The van der Waals surface area contributed by atoms with Gasteiger partial charge in [0.15, 0.2) is 6.23 Å². The Morgan fingerprint density at radius 3 is 2.81 bits per heavy atom. The van der Waals surface area contributed by atoms with Crippen molar-refractivity contribution in [1.82, 2.24) is 9.55 Å². The Morgan fingerprint density at radius 2 is 2.19 bits per heavy atom. The van der Waals surface area contributed by atoms with Crippen LogP contribution in [-0.2, 0) is 22.9 Å². The first-order chi connectivity index (χ1) is 12.5. The van der Waals surface area contributed by atoms with Gasteiger partial charge in [-0.05, 0) is 19.9 Å². The second-order valence-electron chi connectivity index (χ2n) is 7.10. The lowest BCUT2D eigenvalue weighted by molar-refractivity contribution is -0.121. The maximum absolute atomic E-state index is 12.6. The van der Waals surface area contributed by atoms with Gasteiger partial charge in [0.2, 0.25) is 0 Å². The first-order valence-electron chi connectivity index (χ1n) is 8.51. The number of aromatic nitrogens is 2. The smallest absolute Gasteiger partial charge is 0.387 e. The molecular weight excluding hydrogens is 381 g/mol. The van der Waals surface area contributed by atoms with Gasteiger partial charge in [0.05, 0.1) is 19.3 Å². The lowest BCUT2D eigenvalue weighted by atomic mass is 9.99. The van der Waals surface area contributed by atoms with Crippen molar-refractivity contribution in [2.24, 2.45) is 5.92 Å². The van der Waals surface area contributed by atoms with E-state index in [1.165, 1.54) is 19.2 Å². The van der Waals surface area contributed by atoms with E-state index < -0.39 is 44.2 Å². The van der Waals surface area contributed by atoms with Crippen LogP contribution in [0.25, 0.3) is 0 Å². The van der Waals surface area contributed by atoms with Gasteiger partial charge in [-0.15, -0.1) is 0 Å². The summed E-state index contributed by atoms with van der Waals surface area (Å²) in [4.78, 5) is 15.6. The highest BCUT2D eigenvalue weighted by Gasteiger charge is 2.54. The van der Waals surface area contributed by atoms with E-state index in [4.69, 9.17) is 24.0 Å². The number of phosphoric acid groups is 1. The lowest BCUT2D eigenvalue weighted by Crippen LogP contribution is -2.44. The van der Waals surface area contributed by atoms with Crippen LogP contribution in [0, 0.1) is 5.92 Å². The van der Waals surface area contributed by atoms with Crippen LogP contribution in [-0.4, -0.2) is 56.9 Å². The molecule has 2 saturated heterocycles. The summed E-state index contributed by atoms with van der Waals surface area (Å²) in [6.45, 7) is 4.91. The van der Waals surface area contributed by atoms with Gasteiger partial charge in [-0.1, -0.05) is 6.92 Å². The Kier molecular flexibility index (Phi) is 5.48. The summed E-state index contributed by atoms with van der Waals surface area (Å²) in [5, 5.41) is 20.8. The van der Waals surface area contributed by atoms with Crippen LogP contribution in [0.5, 0.6) is 0 Å². The zero-order valence-electron chi connectivity index (χ0n) is 15.2. The van der Waals surface area contributed by atoms with Gasteiger partial charge >= 0.3 is 13.5 Å². The van der Waals surface area contributed by atoms with Crippen LogP contribution in [0.4, 0.5) is 5.82 Å². The maximum atomic E-state index is 12.6. The molecule has 11 nitrogen and oxygen atoms in total. The Labute approximate surface area is 155 Å². The molecule has 3 unspecified atom stereocenters. The van der Waals surface area contributed by atoms with Gasteiger partial charge in [-0.25, -0.2) is 9.36 Å². The lowest BCUT2D eigenvalue weighted by Gasteiger charge is -2.34. The highest BCUT2D eigenvalue weighted by molar-refractivity contribution is 7.48. The van der Waals surface area contributed by atoms with E-state index >= 15 is 0 Å². The van der Waals surface area contributed by atoms with Crippen LogP contribution < -0.4 is 11.4 Å². The van der Waals surface area contributed by atoms with E-state index in [0.29, 0.717) is 0 Å². The Bertz CT molecular complexity index is 804. The highest BCUT2D eigenvalue weighted by atomic mass is 31.2. The largest absolute Gasteiger partial charge is 0.475 e. The molecule has 0 spiro atoms. The zero-order valence-corrected chi connectivity index (χ0v) is 16.1. The third-order valence-electron chi connectivity index (χ3n) is 4.86. The van der Waals surface area contributed by atoms with E-state index in [1.54, 1.807) is 6.92 Å². The monoisotopic (exact) mass is 405 g/mol. The minimum Gasteiger partial charge on any atom is -0.387 e. The van der Waals surface area contributed by atoms with E-state index in [-0.39, 0.29) is 24.4 Å². The molecule has 4 N–H and O–H groups in total. The molecule has 12 heteroatoms. The number of aliphatic hydroxyl groups excluding tert-OH is 2. The standard InChI is InChI=1S/C15H24N3O8P/c1-8-6-23-27(22,26-9(8)2)24-7-15(3)12(20)11(19)13(25-15)18-5-4-10(16)17-14(18)21/h4-5,8-9,11-13,19-20H,6-7H2,1-3H3,(H2,16,17,21)/t8?,9?,11-,12+,13-,15-,27?/m1/s1. The van der Waals surface area contributed by atoms with Crippen LogP contribution in [0.15, 0.2) is 17.1 Å². The number of ether oxygens (including phenoxy) is 1. The molecular formula is C15H24N3O8P. The molecule has 0 bridgehead atoms. The molecule has 2 fully saturated rings. The molecule has 152 valence electrons. The molecule has 1 aromatic heterocycles. The van der Waals surface area contributed by atoms with Crippen molar-refractivity contribution in [3.05, 3.63) is 22.7 Å². The quantitative estimate of drug-likeness (QED) is 0.584. The van der Waals surface area contributed by atoms with Gasteiger partial charge in [0.1, 0.15) is 23.6 Å². The number of aliphatic hydroxyl groups is 2. The summed E-state index contributed by atoms with van der Waals surface area (Å²) in [7, 11) is -3.83. The van der Waals surface area contributed by atoms with Crippen LogP contribution in [0.1, 0.15) is 27.0 Å². The van der Waals surface area contributed by atoms with E-state index in [0.717, 1.165) is 4.57 Å². The summed E-state index contributed by atoms with van der Waals surface area (Å²) in [6.07, 6.45) is -3.13. The van der Waals surface area contributed by atoms with Crippen LogP contribution in [0.3, 0.4) is 0 Å². The minimum atomic E-state index is -3.83. The predicted molar refractivity (Wildman–Crippen MR) is 92.7 cm³/mol. The third-order valence-corrected chi connectivity index (χ3v) is 6.36. The second-order valence-corrected chi connectivity index (χ2v) is 8.72. The van der Waals surface area contributed by atoms with Crippen LogP contribution >= 0.6 is 7.82 Å². The van der Waals surface area contributed by atoms with Crippen LogP contribution in [0.2, 0.25) is 0 Å². The second kappa shape index (κ2) is 7.25.